The minimum Gasteiger partial charge on any atom is -0.454 e. The average Bonchev–Trinajstić information content (AvgIpc) is 3.17. The molecule has 2 aromatic rings. The highest BCUT2D eigenvalue weighted by molar-refractivity contribution is 6.00. The number of nitrogens with zero attached hydrogens (tertiary/aromatic N) is 1. The fraction of sp³-hybridized carbons (Fsp3) is 0.476. The van der Waals surface area contributed by atoms with Crippen LogP contribution in [0.2, 0.25) is 0 Å². The Morgan fingerprint density at radius 1 is 1.23 bits per heavy atom. The minimum atomic E-state index is -0.814. The first-order chi connectivity index (χ1) is 14.3. The van der Waals surface area contributed by atoms with Crippen molar-refractivity contribution in [3.05, 3.63) is 34.1 Å². The highest BCUT2D eigenvalue weighted by Gasteiger charge is 2.25. The summed E-state index contributed by atoms with van der Waals surface area (Å²) in [6.07, 6.45) is 1.90. The fourth-order valence-corrected chi connectivity index (χ4v) is 3.44. The van der Waals surface area contributed by atoms with Gasteiger partial charge in [0.1, 0.15) is 11.6 Å². The fourth-order valence-electron chi connectivity index (χ4n) is 3.44. The van der Waals surface area contributed by atoms with Gasteiger partial charge in [-0.05, 0) is 25.3 Å². The van der Waals surface area contributed by atoms with Crippen LogP contribution in [0.4, 0.5) is 0 Å². The molecule has 0 aliphatic carbocycles. The molecule has 30 heavy (non-hydrogen) atoms. The van der Waals surface area contributed by atoms with Gasteiger partial charge in [-0.15, -0.1) is 0 Å². The SMILES string of the molecule is CCn1cc(C(=O)N[C@@H](CC(C)C)C(=O)NCCO)c(=O)c2cc3c(cc21)OCO3. The zero-order valence-corrected chi connectivity index (χ0v) is 17.4. The van der Waals surface area contributed by atoms with Crippen molar-refractivity contribution in [3.63, 3.8) is 0 Å². The standard InChI is InChI=1S/C21H27N3O6/c1-4-24-10-14(19(26)13-8-17-18(9-16(13)24)30-11-29-17)20(27)23-15(7-12(2)3)21(28)22-5-6-25/h8-10,12,15,25H,4-7,11H2,1-3H3,(H,22,28)(H,23,27)/t15-/m0/s1. The van der Waals surface area contributed by atoms with E-state index in [1.54, 1.807) is 16.7 Å². The highest BCUT2D eigenvalue weighted by Crippen LogP contribution is 2.35. The molecule has 9 nitrogen and oxygen atoms in total. The zero-order chi connectivity index (χ0) is 21.8. The molecule has 1 aromatic carbocycles. The molecule has 0 spiro atoms. The van der Waals surface area contributed by atoms with Crippen molar-refractivity contribution >= 4 is 22.7 Å². The molecule has 2 heterocycles. The second-order valence-corrected chi connectivity index (χ2v) is 7.55. The number of ether oxygens (including phenoxy) is 2. The molecular weight excluding hydrogens is 390 g/mol. The molecule has 1 aromatic heterocycles. The number of nitrogens with one attached hydrogen (secondary N) is 2. The van der Waals surface area contributed by atoms with E-state index in [1.807, 2.05) is 20.8 Å². The first-order valence-corrected chi connectivity index (χ1v) is 10.0. The molecule has 0 fully saturated rings. The third-order valence-corrected chi connectivity index (χ3v) is 4.90. The number of hydrogen-bond acceptors (Lipinski definition) is 6. The number of rotatable bonds is 8. The molecular formula is C21H27N3O6. The largest absolute Gasteiger partial charge is 0.454 e. The summed E-state index contributed by atoms with van der Waals surface area (Å²) in [6.45, 7) is 6.27. The lowest BCUT2D eigenvalue weighted by atomic mass is 10.0. The lowest BCUT2D eigenvalue weighted by molar-refractivity contribution is -0.123. The molecule has 2 amide bonds. The van der Waals surface area contributed by atoms with Gasteiger partial charge in [-0.3, -0.25) is 14.4 Å². The quantitative estimate of drug-likeness (QED) is 0.590. The van der Waals surface area contributed by atoms with Crippen LogP contribution in [0.25, 0.3) is 10.9 Å². The van der Waals surface area contributed by atoms with Gasteiger partial charge >= 0.3 is 0 Å². The van der Waals surface area contributed by atoms with E-state index in [4.69, 9.17) is 14.6 Å². The van der Waals surface area contributed by atoms with Crippen LogP contribution in [-0.2, 0) is 11.3 Å². The molecule has 3 N–H and O–H groups in total. The van der Waals surface area contributed by atoms with Crippen LogP contribution in [0.1, 0.15) is 37.6 Å². The van der Waals surface area contributed by atoms with E-state index in [2.05, 4.69) is 10.6 Å². The third-order valence-electron chi connectivity index (χ3n) is 4.90. The van der Waals surface area contributed by atoms with Gasteiger partial charge in [-0.25, -0.2) is 0 Å². The summed E-state index contributed by atoms with van der Waals surface area (Å²) in [6, 6.07) is 2.50. The predicted octanol–water partition coefficient (Wildman–Crippen LogP) is 1.00. The topological polar surface area (TPSA) is 119 Å². The van der Waals surface area contributed by atoms with Gasteiger partial charge < -0.3 is 29.8 Å². The molecule has 0 bridgehead atoms. The lowest BCUT2D eigenvalue weighted by Crippen LogP contribution is -2.48. The van der Waals surface area contributed by atoms with Crippen molar-refractivity contribution in [1.29, 1.82) is 0 Å². The number of pyridine rings is 1. The highest BCUT2D eigenvalue weighted by atomic mass is 16.7. The zero-order valence-electron chi connectivity index (χ0n) is 17.4. The van der Waals surface area contributed by atoms with E-state index in [1.165, 1.54) is 6.20 Å². The van der Waals surface area contributed by atoms with Gasteiger partial charge in [-0.2, -0.15) is 0 Å². The number of aliphatic hydroxyl groups is 1. The van der Waals surface area contributed by atoms with E-state index >= 15 is 0 Å². The Balaban J connectivity index is 1.97. The summed E-state index contributed by atoms with van der Waals surface area (Å²) in [5, 5.41) is 14.5. The number of amides is 2. The van der Waals surface area contributed by atoms with Gasteiger partial charge in [0, 0.05) is 25.4 Å². The number of hydrogen-bond donors (Lipinski definition) is 3. The molecule has 0 radical (unpaired) electrons. The van der Waals surface area contributed by atoms with Crippen molar-refractivity contribution in [2.45, 2.75) is 39.8 Å². The Morgan fingerprint density at radius 3 is 2.57 bits per heavy atom. The summed E-state index contributed by atoms with van der Waals surface area (Å²) in [5.74, 6) is 0.135. The second-order valence-electron chi connectivity index (χ2n) is 7.55. The molecule has 1 aliphatic heterocycles. The Morgan fingerprint density at radius 2 is 1.93 bits per heavy atom. The number of aromatic nitrogens is 1. The summed E-state index contributed by atoms with van der Waals surface area (Å²) in [5.41, 5.74) is 0.152. The summed E-state index contributed by atoms with van der Waals surface area (Å²) in [4.78, 5) is 38.5. The average molecular weight is 417 g/mol. The van der Waals surface area contributed by atoms with Crippen LogP contribution in [0.15, 0.2) is 23.1 Å². The number of carbonyl (C=O) groups excluding carboxylic acids is 2. The van der Waals surface area contributed by atoms with Crippen LogP contribution >= 0.6 is 0 Å². The van der Waals surface area contributed by atoms with Crippen molar-refractivity contribution in [2.75, 3.05) is 19.9 Å². The molecule has 0 saturated heterocycles. The number of benzene rings is 1. The summed E-state index contributed by atoms with van der Waals surface area (Å²) >= 11 is 0. The Labute approximate surface area is 174 Å². The first kappa shape index (κ1) is 21.6. The van der Waals surface area contributed by atoms with Crippen molar-refractivity contribution in [3.8, 4) is 11.5 Å². The number of aliphatic hydroxyl groups excluding tert-OH is 1. The van der Waals surface area contributed by atoms with Crippen LogP contribution in [0.3, 0.4) is 0 Å². The van der Waals surface area contributed by atoms with Gasteiger partial charge in [0.15, 0.2) is 11.5 Å². The van der Waals surface area contributed by atoms with Crippen LogP contribution < -0.4 is 25.5 Å². The van der Waals surface area contributed by atoms with E-state index in [0.717, 1.165) is 0 Å². The number of carbonyl (C=O) groups is 2. The number of aryl methyl sites for hydroxylation is 1. The van der Waals surface area contributed by atoms with Crippen LogP contribution in [0, 0.1) is 5.92 Å². The van der Waals surface area contributed by atoms with Gasteiger partial charge in [0.25, 0.3) is 5.91 Å². The maximum absolute atomic E-state index is 13.1. The maximum Gasteiger partial charge on any atom is 0.257 e. The van der Waals surface area contributed by atoms with Crippen molar-refractivity contribution in [2.24, 2.45) is 5.92 Å². The summed E-state index contributed by atoms with van der Waals surface area (Å²) in [7, 11) is 0. The van der Waals surface area contributed by atoms with E-state index < -0.39 is 23.3 Å². The third kappa shape index (κ3) is 4.40. The van der Waals surface area contributed by atoms with Gasteiger partial charge in [0.05, 0.1) is 17.5 Å². The molecule has 1 aliphatic rings. The smallest absolute Gasteiger partial charge is 0.257 e. The van der Waals surface area contributed by atoms with Crippen LogP contribution in [-0.4, -0.2) is 47.5 Å². The minimum absolute atomic E-state index is 0.0491. The molecule has 162 valence electrons. The van der Waals surface area contributed by atoms with E-state index in [-0.39, 0.29) is 31.4 Å². The summed E-state index contributed by atoms with van der Waals surface area (Å²) < 4.78 is 12.5. The van der Waals surface area contributed by atoms with Crippen LogP contribution in [0.5, 0.6) is 11.5 Å². The van der Waals surface area contributed by atoms with Crippen molar-refractivity contribution < 1.29 is 24.2 Å². The molecule has 9 heteroatoms. The first-order valence-electron chi connectivity index (χ1n) is 10.0. The Kier molecular flexibility index (Phi) is 6.61. The van der Waals surface area contributed by atoms with Crippen molar-refractivity contribution in [1.82, 2.24) is 15.2 Å². The predicted molar refractivity (Wildman–Crippen MR) is 111 cm³/mol. The second kappa shape index (κ2) is 9.17. The molecule has 3 rings (SSSR count). The normalized spacial score (nSPS) is 13.5. The Bertz CT molecular complexity index is 1010. The monoisotopic (exact) mass is 417 g/mol. The van der Waals surface area contributed by atoms with Gasteiger partial charge in [-0.1, -0.05) is 13.8 Å². The van der Waals surface area contributed by atoms with Gasteiger partial charge in [0.2, 0.25) is 18.1 Å². The maximum atomic E-state index is 13.1. The molecule has 1 atom stereocenters. The van der Waals surface area contributed by atoms with E-state index in [0.29, 0.717) is 35.4 Å². The van der Waals surface area contributed by atoms with E-state index in [9.17, 15) is 14.4 Å². The Hall–Kier alpha value is -3.07. The number of fused-ring (bicyclic) bond motifs is 2. The lowest BCUT2D eigenvalue weighted by Gasteiger charge is -2.20. The molecule has 0 unspecified atom stereocenters. The molecule has 0 saturated carbocycles.